The van der Waals surface area contributed by atoms with Gasteiger partial charge in [-0.25, -0.2) is 28.1 Å². The molecule has 1 saturated heterocycles. The molecule has 4 rings (SSSR count). The Labute approximate surface area is 432 Å². The Balaban J connectivity index is 1.34. The fraction of sp³-hybridized carbons (Fsp3) is 0.476. The zero-order chi connectivity index (χ0) is 54.6. The molecule has 5 unspecified atom stereocenters. The molecule has 0 aliphatic carbocycles. The van der Waals surface area contributed by atoms with Crippen LogP contribution in [0.4, 0.5) is 11.5 Å². The highest BCUT2D eigenvalue weighted by Crippen LogP contribution is 2.66. The lowest BCUT2D eigenvalue weighted by Gasteiger charge is -2.21. The topological polar surface area (TPSA) is 411 Å². The van der Waals surface area contributed by atoms with Crippen LogP contribution >= 0.6 is 45.1 Å². The van der Waals surface area contributed by atoms with E-state index in [9.17, 15) is 47.5 Å². The summed E-state index contributed by atoms with van der Waals surface area (Å²) in [4.78, 5) is 106. The van der Waals surface area contributed by atoms with E-state index in [0.717, 1.165) is 4.57 Å². The highest BCUT2D eigenvalue weighted by atomic mass is 33.1. The summed E-state index contributed by atoms with van der Waals surface area (Å²) in [6, 6.07) is 10.4. The van der Waals surface area contributed by atoms with Gasteiger partial charge >= 0.3 is 41.1 Å². The first-order valence-corrected chi connectivity index (χ1v) is 29.4. The highest BCUT2D eigenvalue weighted by Gasteiger charge is 2.45. The van der Waals surface area contributed by atoms with Gasteiger partial charge in [0, 0.05) is 42.6 Å². The third-order valence-corrected chi connectivity index (χ3v) is 15.9. The van der Waals surface area contributed by atoms with Crippen LogP contribution in [-0.4, -0.2) is 124 Å². The number of ether oxygens (including phenoxy) is 5. The van der Waals surface area contributed by atoms with Gasteiger partial charge in [0.2, 0.25) is 11.8 Å². The number of amides is 2. The fourth-order valence-corrected chi connectivity index (χ4v) is 11.5. The number of nitrogens with one attached hydrogen (secondary N) is 2. The van der Waals surface area contributed by atoms with Crippen molar-refractivity contribution >= 4 is 80.3 Å². The van der Waals surface area contributed by atoms with Gasteiger partial charge in [-0.2, -0.15) is 13.6 Å². The molecule has 1 aromatic heterocycles. The molecular formula is C42H58N7O20P3S2. The minimum atomic E-state index is -5.89. The molecule has 408 valence electrons. The SMILES string of the molecule is CSSC(C)c1cc(NC(=O)COCCOCCN)ccc1C(=O)OCCCCC(=O)NCC#Cc1cn([C@H]2C[C@@H](OC(=O)c3ccccc3C(C)N)C(COP(=O)(O)OP(=O)(O)OP(=O)(O)O)O2)c(=O)nc1N. The lowest BCUT2D eigenvalue weighted by atomic mass is 10.0. The number of nitrogen functional groups attached to an aromatic ring is 1. The Bertz CT molecular complexity index is 2700. The smallest absolute Gasteiger partial charge is 0.462 e. The monoisotopic (exact) mass is 1140 g/mol. The Morgan fingerprint density at radius 2 is 1.65 bits per heavy atom. The number of unbranched alkanes of at least 4 members (excludes halogenated alkanes) is 1. The number of nitrogens with zero attached hydrogens (tertiary/aromatic N) is 2. The molecule has 7 atom stereocenters. The van der Waals surface area contributed by atoms with Crippen molar-refractivity contribution in [3.8, 4) is 11.8 Å². The summed E-state index contributed by atoms with van der Waals surface area (Å²) in [6.45, 7) is 3.46. The first-order valence-electron chi connectivity index (χ1n) is 22.2. The maximum absolute atomic E-state index is 13.4. The van der Waals surface area contributed by atoms with Gasteiger partial charge < -0.3 is 71.1 Å². The minimum absolute atomic E-state index is 0.00446. The Morgan fingerprint density at radius 1 is 0.932 bits per heavy atom. The molecule has 74 heavy (non-hydrogen) atoms. The van der Waals surface area contributed by atoms with Crippen molar-refractivity contribution in [2.24, 2.45) is 11.5 Å². The normalized spacial score (nSPS) is 17.9. The standard InChI is InChI=1S/C42H58N7O20P3S2/c1-26(44)30-10-4-5-11-31(30)41(53)67-34-22-38(66-35(34)24-65-71(58,59)69-72(60,61)68-70(55,56)57)49-23-28(39(45)48-42(49)54)9-8-16-46-36(50)12-6-7-17-64-40(52)32-14-13-29(21-33(32)27(2)74-73-3)47-37(51)25-63-20-19-62-18-15-43/h4-5,10-11,13-14,21,23,26-27,34-35,38H,6-7,12,15-20,22,24-25,43-44H2,1-3H3,(H,46,50)(H,47,51)(H,58,59)(H,60,61)(H2,45,48,54)(H2,55,56,57)/t26?,27?,34-,35?,38-/m1/s1. The number of esters is 2. The fourth-order valence-electron chi connectivity index (χ4n) is 6.71. The summed E-state index contributed by atoms with van der Waals surface area (Å²) in [7, 11) is -14.2. The third-order valence-electron chi connectivity index (χ3n) is 9.95. The maximum atomic E-state index is 13.4. The largest absolute Gasteiger partial charge is 0.490 e. The quantitative estimate of drug-likeness (QED) is 0.0158. The number of phosphoric acid groups is 3. The summed E-state index contributed by atoms with van der Waals surface area (Å²) in [6.07, 6.45) is -0.744. The molecule has 32 heteroatoms. The van der Waals surface area contributed by atoms with Crippen LogP contribution in [0.25, 0.3) is 0 Å². The minimum Gasteiger partial charge on any atom is -0.462 e. The molecule has 2 aromatic carbocycles. The third kappa shape index (κ3) is 20.9. The maximum Gasteiger partial charge on any atom is 0.490 e. The van der Waals surface area contributed by atoms with Gasteiger partial charge in [0.15, 0.2) is 0 Å². The van der Waals surface area contributed by atoms with Gasteiger partial charge in [0.1, 0.15) is 30.9 Å². The summed E-state index contributed by atoms with van der Waals surface area (Å²) in [5.74, 6) is 2.86. The van der Waals surface area contributed by atoms with Crippen LogP contribution in [-0.2, 0) is 60.1 Å². The zero-order valence-corrected chi connectivity index (χ0v) is 44.4. The number of carbonyl (C=O) groups is 4. The number of nitrogens with two attached hydrogens (primary N) is 3. The van der Waals surface area contributed by atoms with Crippen molar-refractivity contribution in [1.29, 1.82) is 0 Å². The van der Waals surface area contributed by atoms with E-state index in [2.05, 4.69) is 36.1 Å². The van der Waals surface area contributed by atoms with Crippen molar-refractivity contribution in [3.05, 3.63) is 87.0 Å². The summed E-state index contributed by atoms with van der Waals surface area (Å²) in [5, 5.41) is 5.25. The average molecular weight is 1140 g/mol. The second-order valence-corrected chi connectivity index (χ2v) is 22.9. The van der Waals surface area contributed by atoms with E-state index < -0.39 is 72.2 Å². The summed E-state index contributed by atoms with van der Waals surface area (Å²) >= 11 is 0. The number of carbonyl (C=O) groups excluding carboxylic acids is 4. The number of hydrogen-bond acceptors (Lipinski definition) is 22. The van der Waals surface area contributed by atoms with Gasteiger partial charge in [-0.3, -0.25) is 18.7 Å². The molecule has 12 N–H and O–H groups in total. The molecule has 27 nitrogen and oxygen atoms in total. The van der Waals surface area contributed by atoms with E-state index in [4.69, 9.17) is 55.2 Å². The van der Waals surface area contributed by atoms with Crippen LogP contribution in [0.3, 0.4) is 0 Å². The number of phosphoric ester groups is 1. The Hall–Kier alpha value is -4.53. The molecule has 0 saturated carbocycles. The Kier molecular flexibility index (Phi) is 24.9. The van der Waals surface area contributed by atoms with E-state index in [1.807, 2.05) is 13.2 Å². The van der Waals surface area contributed by atoms with Crippen LogP contribution in [0.5, 0.6) is 0 Å². The number of benzene rings is 2. The van der Waals surface area contributed by atoms with Crippen LogP contribution < -0.4 is 33.5 Å². The first-order chi connectivity index (χ1) is 34.9. The molecular weight excluding hydrogens is 1080 g/mol. The van der Waals surface area contributed by atoms with Gasteiger partial charge in [-0.05, 0) is 68.3 Å². The van der Waals surface area contributed by atoms with Crippen molar-refractivity contribution < 1.29 is 89.3 Å². The molecule has 3 aromatic rings. The van der Waals surface area contributed by atoms with Crippen molar-refractivity contribution in [1.82, 2.24) is 14.9 Å². The number of aromatic nitrogens is 2. The predicted molar refractivity (Wildman–Crippen MR) is 269 cm³/mol. The van der Waals surface area contributed by atoms with Crippen molar-refractivity contribution in [3.63, 3.8) is 0 Å². The second kappa shape index (κ2) is 29.7. The number of hydrogen-bond donors (Lipinski definition) is 9. The molecule has 0 spiro atoms. The molecule has 2 amide bonds. The molecule has 2 heterocycles. The first kappa shape index (κ1) is 62.0. The highest BCUT2D eigenvalue weighted by molar-refractivity contribution is 8.76. The van der Waals surface area contributed by atoms with E-state index >= 15 is 0 Å². The molecule has 1 fully saturated rings. The molecule has 1 aliphatic heterocycles. The summed E-state index contributed by atoms with van der Waals surface area (Å²) < 4.78 is 76.4. The van der Waals surface area contributed by atoms with Gasteiger partial charge in [0.05, 0.1) is 56.3 Å². The second-order valence-electron chi connectivity index (χ2n) is 15.7. The van der Waals surface area contributed by atoms with Crippen LogP contribution in [0.2, 0.25) is 0 Å². The Morgan fingerprint density at radius 3 is 2.35 bits per heavy atom. The van der Waals surface area contributed by atoms with Crippen LogP contribution in [0.1, 0.15) is 94.5 Å². The van der Waals surface area contributed by atoms with E-state index in [0.29, 0.717) is 55.0 Å². The van der Waals surface area contributed by atoms with Gasteiger partial charge in [0.25, 0.3) is 0 Å². The average Bonchev–Trinajstić information content (AvgIpc) is 3.71. The molecule has 1 aliphatic rings. The van der Waals surface area contributed by atoms with Gasteiger partial charge in [-0.1, -0.05) is 51.6 Å². The number of anilines is 2. The lowest BCUT2D eigenvalue weighted by Crippen LogP contribution is -2.31. The number of rotatable bonds is 29. The molecule has 0 radical (unpaired) electrons. The predicted octanol–water partition coefficient (Wildman–Crippen LogP) is 3.20. The van der Waals surface area contributed by atoms with E-state index in [-0.39, 0.29) is 73.2 Å². The van der Waals surface area contributed by atoms with Gasteiger partial charge in [-0.15, -0.1) is 0 Å². The van der Waals surface area contributed by atoms with Crippen molar-refractivity contribution in [2.45, 2.75) is 69.3 Å². The van der Waals surface area contributed by atoms with E-state index in [1.165, 1.54) is 33.9 Å². The lowest BCUT2D eigenvalue weighted by molar-refractivity contribution is -0.121. The van der Waals surface area contributed by atoms with Crippen LogP contribution in [0, 0.1) is 11.8 Å². The van der Waals surface area contributed by atoms with E-state index in [1.54, 1.807) is 43.3 Å². The molecule has 0 bridgehead atoms. The van der Waals surface area contributed by atoms with Crippen molar-refractivity contribution in [2.75, 3.05) is 70.0 Å². The summed E-state index contributed by atoms with van der Waals surface area (Å²) in [5.41, 5.74) is 18.3. The van der Waals surface area contributed by atoms with Crippen LogP contribution in [0.15, 0.2) is 53.5 Å². The zero-order valence-electron chi connectivity index (χ0n) is 40.1.